The highest BCUT2D eigenvalue weighted by Crippen LogP contribution is 2.45. The molecule has 4 aromatic rings. The number of hydrogen-bond acceptors (Lipinski definition) is 5. The summed E-state index contributed by atoms with van der Waals surface area (Å²) in [5.41, 5.74) is 3.03. The van der Waals surface area contributed by atoms with E-state index in [2.05, 4.69) is 51.2 Å². The maximum atomic E-state index is 13.6. The van der Waals surface area contributed by atoms with Crippen molar-refractivity contribution >= 4 is 39.2 Å². The number of carbonyl (C=O) groups excluding carboxylic acids is 1. The summed E-state index contributed by atoms with van der Waals surface area (Å²) < 4.78 is 11.6. The van der Waals surface area contributed by atoms with Crippen LogP contribution < -0.4 is 10.1 Å². The molecule has 0 saturated carbocycles. The molecule has 0 fully saturated rings. The number of benzene rings is 2. The standard InChI is InChI=1S/C33H38N2O3S/c1-5-6-17-38-28-16-13-22-10-7-8-12-25(22)27(28)21-35-32-30(31(36)34-20-24-11-9-18-37-24)26-15-14-23(33(2,3)4)19-29(26)39-32/h7-13,16,18,21,23H,5-6,14-15,17,19-20H2,1-4H3,(H,34,36)/t23-/m0/s1. The number of nitrogens with zero attached hydrogens (tertiary/aromatic N) is 1. The molecule has 1 aliphatic rings. The van der Waals surface area contributed by atoms with Gasteiger partial charge >= 0.3 is 0 Å². The third kappa shape index (κ3) is 6.11. The monoisotopic (exact) mass is 542 g/mol. The van der Waals surface area contributed by atoms with Crippen LogP contribution in [0.25, 0.3) is 10.8 Å². The van der Waals surface area contributed by atoms with Gasteiger partial charge in [-0.25, -0.2) is 4.99 Å². The third-order valence-corrected chi connectivity index (χ3v) is 8.86. The van der Waals surface area contributed by atoms with E-state index in [1.165, 1.54) is 4.88 Å². The molecule has 0 bridgehead atoms. The first-order chi connectivity index (χ1) is 18.8. The molecule has 5 rings (SSSR count). The van der Waals surface area contributed by atoms with Gasteiger partial charge in [-0.1, -0.05) is 64.4 Å². The van der Waals surface area contributed by atoms with Crippen molar-refractivity contribution in [2.45, 2.75) is 66.3 Å². The highest BCUT2D eigenvalue weighted by atomic mass is 32.1. The largest absolute Gasteiger partial charge is 0.493 e. The molecule has 0 saturated heterocycles. The van der Waals surface area contributed by atoms with Crippen LogP contribution in [0, 0.1) is 11.3 Å². The zero-order valence-corrected chi connectivity index (χ0v) is 24.2. The molecule has 1 N–H and O–H groups in total. The summed E-state index contributed by atoms with van der Waals surface area (Å²) in [6.45, 7) is 10.1. The average molecular weight is 543 g/mol. The number of amides is 1. The molecule has 1 amide bonds. The molecule has 0 radical (unpaired) electrons. The topological polar surface area (TPSA) is 63.8 Å². The first-order valence-corrected chi connectivity index (χ1v) is 14.8. The van der Waals surface area contributed by atoms with Gasteiger partial charge in [-0.05, 0) is 71.6 Å². The molecule has 2 aromatic carbocycles. The maximum absolute atomic E-state index is 13.6. The fraction of sp³-hybridized carbons (Fsp3) is 0.394. The van der Waals surface area contributed by atoms with Crippen LogP contribution in [0.3, 0.4) is 0 Å². The van der Waals surface area contributed by atoms with Gasteiger partial charge in [0, 0.05) is 16.7 Å². The van der Waals surface area contributed by atoms with Gasteiger partial charge < -0.3 is 14.5 Å². The van der Waals surface area contributed by atoms with Gasteiger partial charge in [-0.15, -0.1) is 11.3 Å². The van der Waals surface area contributed by atoms with Crippen LogP contribution in [0.4, 0.5) is 5.00 Å². The lowest BCUT2D eigenvalue weighted by Gasteiger charge is -2.33. The van der Waals surface area contributed by atoms with Crippen LogP contribution in [0.5, 0.6) is 5.75 Å². The number of hydrogen-bond donors (Lipinski definition) is 1. The summed E-state index contributed by atoms with van der Waals surface area (Å²) in [7, 11) is 0. The van der Waals surface area contributed by atoms with Gasteiger partial charge in [0.05, 0.1) is 25.0 Å². The number of rotatable bonds is 9. The molecule has 5 nitrogen and oxygen atoms in total. The summed E-state index contributed by atoms with van der Waals surface area (Å²) in [6, 6.07) is 16.1. The number of unbranched alkanes of at least 4 members (excludes halogenated alkanes) is 1. The van der Waals surface area contributed by atoms with E-state index in [1.54, 1.807) is 17.6 Å². The maximum Gasteiger partial charge on any atom is 0.255 e. The van der Waals surface area contributed by atoms with E-state index in [9.17, 15) is 4.79 Å². The Kier molecular flexibility index (Phi) is 8.22. The number of aliphatic imine (C=N–C) groups is 1. The number of ether oxygens (including phenoxy) is 1. The minimum absolute atomic E-state index is 0.0948. The Bertz CT molecular complexity index is 1460. The SMILES string of the molecule is CCCCOc1ccc2ccccc2c1C=Nc1sc2c(c1C(=O)NCc1ccco1)CC[C@H](C(C)(C)C)C2. The van der Waals surface area contributed by atoms with E-state index in [4.69, 9.17) is 14.1 Å². The Labute approximate surface area is 235 Å². The molecule has 2 aromatic heterocycles. The Morgan fingerprint density at radius 1 is 1.18 bits per heavy atom. The van der Waals surface area contributed by atoms with Crippen LogP contribution in [0.1, 0.15) is 79.1 Å². The summed E-state index contributed by atoms with van der Waals surface area (Å²) in [5, 5.41) is 6.06. The quantitative estimate of drug-likeness (QED) is 0.170. The van der Waals surface area contributed by atoms with Gasteiger partial charge in [0.1, 0.15) is 16.5 Å². The number of nitrogens with one attached hydrogen (secondary N) is 1. The van der Waals surface area contributed by atoms with Gasteiger partial charge in [0.15, 0.2) is 0 Å². The molecule has 204 valence electrons. The lowest BCUT2D eigenvalue weighted by atomic mass is 9.72. The van der Waals surface area contributed by atoms with E-state index in [1.807, 2.05) is 36.5 Å². The van der Waals surface area contributed by atoms with Crippen molar-refractivity contribution in [1.82, 2.24) is 5.32 Å². The first kappa shape index (κ1) is 27.2. The molecule has 0 spiro atoms. The number of furan rings is 1. The molecule has 0 aliphatic heterocycles. The highest BCUT2D eigenvalue weighted by Gasteiger charge is 2.33. The van der Waals surface area contributed by atoms with Crippen LogP contribution in [0.15, 0.2) is 64.2 Å². The van der Waals surface area contributed by atoms with Crippen LogP contribution in [-0.4, -0.2) is 18.7 Å². The average Bonchev–Trinajstić information content (AvgIpc) is 3.58. The van der Waals surface area contributed by atoms with E-state index in [0.717, 1.165) is 70.5 Å². The van der Waals surface area contributed by atoms with Crippen molar-refractivity contribution in [3.63, 3.8) is 0 Å². The van der Waals surface area contributed by atoms with Crippen molar-refractivity contribution in [2.24, 2.45) is 16.3 Å². The van der Waals surface area contributed by atoms with Gasteiger partial charge in [-0.2, -0.15) is 0 Å². The Morgan fingerprint density at radius 2 is 2.03 bits per heavy atom. The van der Waals surface area contributed by atoms with E-state index in [-0.39, 0.29) is 11.3 Å². The van der Waals surface area contributed by atoms with Crippen molar-refractivity contribution < 1.29 is 13.9 Å². The molecular formula is C33H38N2O3S. The molecule has 2 heterocycles. The van der Waals surface area contributed by atoms with Gasteiger partial charge in [0.2, 0.25) is 0 Å². The second kappa shape index (κ2) is 11.8. The number of carbonyl (C=O) groups is 1. The van der Waals surface area contributed by atoms with Gasteiger partial charge in [-0.3, -0.25) is 4.79 Å². The van der Waals surface area contributed by atoms with Crippen molar-refractivity contribution in [3.05, 3.63) is 82.1 Å². The zero-order chi connectivity index (χ0) is 27.4. The van der Waals surface area contributed by atoms with Crippen LogP contribution >= 0.6 is 11.3 Å². The minimum atomic E-state index is -0.0948. The normalized spacial score (nSPS) is 15.5. The zero-order valence-electron chi connectivity index (χ0n) is 23.4. The van der Waals surface area contributed by atoms with Crippen LogP contribution in [-0.2, 0) is 19.4 Å². The molecule has 1 aliphatic carbocycles. The lowest BCUT2D eigenvalue weighted by Crippen LogP contribution is -2.28. The van der Waals surface area contributed by atoms with Gasteiger partial charge in [0.25, 0.3) is 5.91 Å². The number of thiophene rings is 1. The molecule has 1 atom stereocenters. The summed E-state index contributed by atoms with van der Waals surface area (Å²) in [5.74, 6) is 2.04. The highest BCUT2D eigenvalue weighted by molar-refractivity contribution is 7.16. The first-order valence-electron chi connectivity index (χ1n) is 14.0. The van der Waals surface area contributed by atoms with E-state index >= 15 is 0 Å². The molecule has 39 heavy (non-hydrogen) atoms. The summed E-state index contributed by atoms with van der Waals surface area (Å²) in [4.78, 5) is 19.9. The predicted molar refractivity (Wildman–Crippen MR) is 161 cm³/mol. The fourth-order valence-electron chi connectivity index (χ4n) is 5.29. The van der Waals surface area contributed by atoms with Crippen molar-refractivity contribution in [3.8, 4) is 5.75 Å². The van der Waals surface area contributed by atoms with Crippen molar-refractivity contribution in [2.75, 3.05) is 6.61 Å². The minimum Gasteiger partial charge on any atom is -0.493 e. The van der Waals surface area contributed by atoms with Crippen LogP contribution in [0.2, 0.25) is 0 Å². The Hall–Kier alpha value is -3.38. The second-order valence-corrected chi connectivity index (χ2v) is 12.5. The lowest BCUT2D eigenvalue weighted by molar-refractivity contribution is 0.0947. The Balaban J connectivity index is 1.53. The molecule has 6 heteroatoms. The fourth-order valence-corrected chi connectivity index (χ4v) is 6.56. The Morgan fingerprint density at radius 3 is 2.79 bits per heavy atom. The number of fused-ring (bicyclic) bond motifs is 2. The third-order valence-electron chi connectivity index (χ3n) is 7.70. The predicted octanol–water partition coefficient (Wildman–Crippen LogP) is 8.50. The van der Waals surface area contributed by atoms with E-state index < -0.39 is 0 Å². The smallest absolute Gasteiger partial charge is 0.255 e. The second-order valence-electron chi connectivity index (χ2n) is 11.4. The summed E-state index contributed by atoms with van der Waals surface area (Å²) >= 11 is 1.66. The molecular weight excluding hydrogens is 504 g/mol. The van der Waals surface area contributed by atoms with E-state index in [0.29, 0.717) is 24.6 Å². The molecule has 0 unspecified atom stereocenters. The van der Waals surface area contributed by atoms with Crippen molar-refractivity contribution in [1.29, 1.82) is 0 Å². The summed E-state index contributed by atoms with van der Waals surface area (Å²) in [6.07, 6.45) is 8.54.